The van der Waals surface area contributed by atoms with Crippen molar-refractivity contribution in [3.8, 4) is 0 Å². The van der Waals surface area contributed by atoms with Crippen LogP contribution in [0.5, 0.6) is 0 Å². The first kappa shape index (κ1) is 24.0. The van der Waals surface area contributed by atoms with E-state index in [0.29, 0.717) is 18.6 Å². The van der Waals surface area contributed by atoms with E-state index in [0.717, 1.165) is 13.0 Å². The third kappa shape index (κ3) is 4.71. The standard InChI is InChI=1S/C31H32N2O3/c1-3-36-29(34)18-17-27-28(21-23-15-13-22(2)14-16-23)33(31(35)25-10-5-4-6-11-25)32-20-19-24-9-7-8-12-26(24)30(27)32/h4-18,27-28,30H,3,19-21H2,1-2H3/b18-17+/t27-,28-,30+/m1/s1. The molecule has 0 aromatic heterocycles. The van der Waals surface area contributed by atoms with Gasteiger partial charge >= 0.3 is 5.97 Å². The molecular formula is C31H32N2O3. The zero-order valence-corrected chi connectivity index (χ0v) is 20.8. The summed E-state index contributed by atoms with van der Waals surface area (Å²) in [5.74, 6) is -0.441. The molecule has 1 fully saturated rings. The Kier molecular flexibility index (Phi) is 7.01. The molecule has 2 heterocycles. The topological polar surface area (TPSA) is 49.9 Å². The van der Waals surface area contributed by atoms with Crippen LogP contribution >= 0.6 is 0 Å². The minimum atomic E-state index is -0.352. The summed E-state index contributed by atoms with van der Waals surface area (Å²) in [5.41, 5.74) is 5.56. The Morgan fingerprint density at radius 2 is 1.69 bits per heavy atom. The fraction of sp³-hybridized carbons (Fsp3) is 0.290. The van der Waals surface area contributed by atoms with E-state index in [1.54, 1.807) is 13.0 Å². The molecule has 1 saturated heterocycles. The van der Waals surface area contributed by atoms with Gasteiger partial charge in [-0.15, -0.1) is 0 Å². The first-order valence-electron chi connectivity index (χ1n) is 12.7. The molecule has 0 unspecified atom stereocenters. The van der Waals surface area contributed by atoms with Crippen LogP contribution in [0.3, 0.4) is 0 Å². The molecular weight excluding hydrogens is 448 g/mol. The maximum absolute atomic E-state index is 14.0. The van der Waals surface area contributed by atoms with Gasteiger partial charge in [0.05, 0.1) is 18.7 Å². The molecule has 0 saturated carbocycles. The number of rotatable bonds is 6. The second-order valence-electron chi connectivity index (χ2n) is 9.52. The van der Waals surface area contributed by atoms with Crippen molar-refractivity contribution in [2.75, 3.05) is 13.2 Å². The van der Waals surface area contributed by atoms with Crippen LogP contribution in [0.25, 0.3) is 0 Å². The molecule has 0 spiro atoms. The van der Waals surface area contributed by atoms with E-state index >= 15 is 0 Å². The summed E-state index contributed by atoms with van der Waals surface area (Å²) in [4.78, 5) is 26.4. The largest absolute Gasteiger partial charge is 0.463 e. The highest BCUT2D eigenvalue weighted by atomic mass is 16.5. The Balaban J connectivity index is 1.61. The molecule has 0 N–H and O–H groups in total. The van der Waals surface area contributed by atoms with Gasteiger partial charge in [-0.25, -0.2) is 9.80 Å². The SMILES string of the molecule is CCOC(=O)/C=C/[C@@H]1[C@@H](Cc2ccc(C)cc2)N(C(=O)c2ccccc2)N2CCc3ccccc3[C@@H]12. The van der Waals surface area contributed by atoms with Crippen LogP contribution in [-0.2, 0) is 22.4 Å². The van der Waals surface area contributed by atoms with Gasteiger partial charge in [-0.2, -0.15) is 0 Å². The number of amides is 1. The lowest BCUT2D eigenvalue weighted by molar-refractivity contribution is -0.137. The Morgan fingerprint density at radius 1 is 0.972 bits per heavy atom. The van der Waals surface area contributed by atoms with Crippen molar-refractivity contribution in [3.05, 3.63) is 119 Å². The number of aryl methyl sites for hydroxylation is 1. The number of hydrazine groups is 1. The maximum atomic E-state index is 14.0. The van der Waals surface area contributed by atoms with Crippen LogP contribution in [0.1, 0.15) is 45.6 Å². The molecule has 1 amide bonds. The average Bonchev–Trinajstić information content (AvgIpc) is 3.22. The van der Waals surface area contributed by atoms with Crippen molar-refractivity contribution in [1.82, 2.24) is 10.0 Å². The molecule has 5 rings (SSSR count). The lowest BCUT2D eigenvalue weighted by Gasteiger charge is -2.38. The van der Waals surface area contributed by atoms with Gasteiger partial charge in [0.1, 0.15) is 0 Å². The smallest absolute Gasteiger partial charge is 0.330 e. The van der Waals surface area contributed by atoms with Crippen molar-refractivity contribution in [3.63, 3.8) is 0 Å². The highest BCUT2D eigenvalue weighted by Gasteiger charge is 2.50. The Bertz CT molecular complexity index is 1250. The van der Waals surface area contributed by atoms with Gasteiger partial charge in [-0.05, 0) is 55.5 Å². The third-order valence-corrected chi connectivity index (χ3v) is 7.24. The van der Waals surface area contributed by atoms with Crippen molar-refractivity contribution in [1.29, 1.82) is 0 Å². The molecule has 3 aromatic rings. The quantitative estimate of drug-likeness (QED) is 0.354. The zero-order valence-electron chi connectivity index (χ0n) is 20.8. The molecule has 0 bridgehead atoms. The predicted octanol–water partition coefficient (Wildman–Crippen LogP) is 5.31. The van der Waals surface area contributed by atoms with Gasteiger partial charge in [0.25, 0.3) is 5.91 Å². The molecule has 2 aliphatic rings. The van der Waals surface area contributed by atoms with Crippen LogP contribution in [0.4, 0.5) is 0 Å². The molecule has 5 heteroatoms. The van der Waals surface area contributed by atoms with Crippen LogP contribution in [0.2, 0.25) is 0 Å². The number of hydrogen-bond donors (Lipinski definition) is 0. The minimum Gasteiger partial charge on any atom is -0.463 e. The van der Waals surface area contributed by atoms with E-state index in [4.69, 9.17) is 4.74 Å². The number of ether oxygens (including phenoxy) is 1. The maximum Gasteiger partial charge on any atom is 0.330 e. The molecule has 3 aromatic carbocycles. The summed E-state index contributed by atoms with van der Waals surface area (Å²) < 4.78 is 5.20. The summed E-state index contributed by atoms with van der Waals surface area (Å²) >= 11 is 0. The normalized spacial score (nSPS) is 21.3. The van der Waals surface area contributed by atoms with E-state index in [1.165, 1.54) is 22.3 Å². The Labute approximate surface area is 213 Å². The lowest BCUT2D eigenvalue weighted by atomic mass is 9.82. The molecule has 5 nitrogen and oxygen atoms in total. The summed E-state index contributed by atoms with van der Waals surface area (Å²) in [6.45, 7) is 4.96. The van der Waals surface area contributed by atoms with Crippen LogP contribution in [0, 0.1) is 12.8 Å². The van der Waals surface area contributed by atoms with Crippen molar-refractivity contribution in [2.45, 2.75) is 38.8 Å². The number of fused-ring (bicyclic) bond motifs is 3. The molecule has 36 heavy (non-hydrogen) atoms. The van der Waals surface area contributed by atoms with Crippen LogP contribution in [-0.4, -0.2) is 41.1 Å². The van der Waals surface area contributed by atoms with E-state index in [2.05, 4.69) is 60.5 Å². The number of nitrogens with zero attached hydrogens (tertiary/aromatic N) is 2. The third-order valence-electron chi connectivity index (χ3n) is 7.24. The zero-order chi connectivity index (χ0) is 25.1. The van der Waals surface area contributed by atoms with Gasteiger partial charge < -0.3 is 4.74 Å². The molecule has 0 radical (unpaired) electrons. The van der Waals surface area contributed by atoms with Gasteiger partial charge in [0.2, 0.25) is 0 Å². The summed E-state index contributed by atoms with van der Waals surface area (Å²) in [5, 5.41) is 4.20. The Morgan fingerprint density at radius 3 is 2.44 bits per heavy atom. The number of benzene rings is 3. The van der Waals surface area contributed by atoms with Gasteiger partial charge in [0.15, 0.2) is 0 Å². The first-order chi connectivity index (χ1) is 17.6. The molecule has 0 aliphatic carbocycles. The number of hydrogen-bond acceptors (Lipinski definition) is 4. The van der Waals surface area contributed by atoms with Crippen LogP contribution < -0.4 is 0 Å². The predicted molar refractivity (Wildman–Crippen MR) is 140 cm³/mol. The van der Waals surface area contributed by atoms with Gasteiger partial charge in [0, 0.05) is 24.1 Å². The highest BCUT2D eigenvalue weighted by Crippen LogP contribution is 2.47. The van der Waals surface area contributed by atoms with Crippen molar-refractivity contribution >= 4 is 11.9 Å². The summed E-state index contributed by atoms with van der Waals surface area (Å²) in [6, 6.07) is 26.3. The number of carbonyl (C=O) groups is 2. The molecule has 3 atom stereocenters. The minimum absolute atomic E-state index is 0.0101. The summed E-state index contributed by atoms with van der Waals surface area (Å²) in [7, 11) is 0. The van der Waals surface area contributed by atoms with E-state index in [9.17, 15) is 9.59 Å². The van der Waals surface area contributed by atoms with Crippen molar-refractivity contribution < 1.29 is 14.3 Å². The molecule has 184 valence electrons. The van der Waals surface area contributed by atoms with Crippen LogP contribution in [0.15, 0.2) is 91.0 Å². The first-order valence-corrected chi connectivity index (χ1v) is 12.7. The number of esters is 1. The monoisotopic (exact) mass is 480 g/mol. The van der Waals surface area contributed by atoms with E-state index in [1.807, 2.05) is 41.4 Å². The van der Waals surface area contributed by atoms with Gasteiger partial charge in [-0.3, -0.25) is 9.80 Å². The Hall–Kier alpha value is -3.70. The molecule has 2 aliphatic heterocycles. The fourth-order valence-corrected chi connectivity index (χ4v) is 5.58. The van der Waals surface area contributed by atoms with E-state index in [-0.39, 0.29) is 29.9 Å². The second-order valence-corrected chi connectivity index (χ2v) is 9.52. The fourth-order valence-electron chi connectivity index (χ4n) is 5.58. The van der Waals surface area contributed by atoms with Gasteiger partial charge in [-0.1, -0.05) is 78.4 Å². The lowest BCUT2D eigenvalue weighted by Crippen LogP contribution is -2.48. The van der Waals surface area contributed by atoms with Crippen molar-refractivity contribution in [2.24, 2.45) is 5.92 Å². The van der Waals surface area contributed by atoms with E-state index < -0.39 is 0 Å². The number of carbonyl (C=O) groups excluding carboxylic acids is 2. The second kappa shape index (κ2) is 10.5. The average molecular weight is 481 g/mol. The highest BCUT2D eigenvalue weighted by molar-refractivity contribution is 5.94. The summed E-state index contributed by atoms with van der Waals surface area (Å²) in [6.07, 6.45) is 5.07.